The lowest BCUT2D eigenvalue weighted by molar-refractivity contribution is 0.0697. The number of aryl methyl sites for hydroxylation is 1. The second-order valence-corrected chi connectivity index (χ2v) is 7.92. The van der Waals surface area contributed by atoms with Crippen molar-refractivity contribution in [2.45, 2.75) is 31.6 Å². The maximum atomic E-state index is 11.8. The number of hydrogen-bond acceptors (Lipinski definition) is 4. The van der Waals surface area contributed by atoms with Crippen LogP contribution in [0.3, 0.4) is 0 Å². The van der Waals surface area contributed by atoms with Crippen LogP contribution in [0.1, 0.15) is 46.7 Å². The number of rotatable bonds is 8. The lowest BCUT2D eigenvalue weighted by Crippen LogP contribution is -2.31. The molecule has 1 fully saturated rings. The van der Waals surface area contributed by atoms with Crippen molar-refractivity contribution in [3.05, 3.63) is 84.1 Å². The number of aromatic nitrogens is 1. The summed E-state index contributed by atoms with van der Waals surface area (Å²) in [5, 5.41) is 12.9. The van der Waals surface area contributed by atoms with Gasteiger partial charge in [-0.05, 0) is 72.6 Å². The molecule has 0 atom stereocenters. The van der Waals surface area contributed by atoms with Gasteiger partial charge in [0.25, 0.3) is 0 Å². The largest absolute Gasteiger partial charge is 0.478 e. The van der Waals surface area contributed by atoms with Crippen LogP contribution in [0.25, 0.3) is 0 Å². The van der Waals surface area contributed by atoms with Crippen LogP contribution in [-0.4, -0.2) is 29.1 Å². The van der Waals surface area contributed by atoms with Crippen LogP contribution in [0.2, 0.25) is 0 Å². The monoisotopic (exact) mass is 401 g/mol. The van der Waals surface area contributed by atoms with Gasteiger partial charge in [0, 0.05) is 30.7 Å². The second kappa shape index (κ2) is 8.57. The predicted molar refractivity (Wildman–Crippen MR) is 122 cm³/mol. The molecule has 0 saturated heterocycles. The Morgan fingerprint density at radius 2 is 2.13 bits per heavy atom. The van der Waals surface area contributed by atoms with Crippen molar-refractivity contribution >= 4 is 23.2 Å². The molecule has 2 heterocycles. The van der Waals surface area contributed by atoms with Crippen LogP contribution < -0.4 is 10.2 Å². The number of nitrogens with one attached hydrogen (secondary N) is 1. The summed E-state index contributed by atoms with van der Waals surface area (Å²) in [4.78, 5) is 18.5. The van der Waals surface area contributed by atoms with Gasteiger partial charge < -0.3 is 15.3 Å². The SMILES string of the molecule is C=C/C=C(\C=C)CN1CCCc2cc(Nc3ncc(C4CC4)cc3C(=O)O)ccc21. The number of pyridine rings is 1. The van der Waals surface area contributed by atoms with Crippen LogP contribution in [-0.2, 0) is 6.42 Å². The first-order valence-electron chi connectivity index (χ1n) is 10.4. The molecule has 5 nitrogen and oxygen atoms in total. The van der Waals surface area contributed by atoms with Crippen LogP contribution in [0.15, 0.2) is 67.4 Å². The van der Waals surface area contributed by atoms with Gasteiger partial charge in [-0.15, -0.1) is 0 Å². The predicted octanol–water partition coefficient (Wildman–Crippen LogP) is 5.45. The van der Waals surface area contributed by atoms with Crippen molar-refractivity contribution in [1.82, 2.24) is 4.98 Å². The Kier molecular flexibility index (Phi) is 5.70. The molecule has 0 unspecified atom stereocenters. The number of hydrogen-bond donors (Lipinski definition) is 2. The Balaban J connectivity index is 1.57. The smallest absolute Gasteiger partial charge is 0.339 e. The molecular weight excluding hydrogens is 374 g/mol. The van der Waals surface area contributed by atoms with Gasteiger partial charge in [0.1, 0.15) is 11.4 Å². The topological polar surface area (TPSA) is 65.5 Å². The fraction of sp³-hybridized carbons (Fsp3) is 0.280. The summed E-state index contributed by atoms with van der Waals surface area (Å²) in [6.45, 7) is 9.46. The third kappa shape index (κ3) is 4.30. The second-order valence-electron chi connectivity index (χ2n) is 7.92. The fourth-order valence-corrected chi connectivity index (χ4v) is 3.99. The van der Waals surface area contributed by atoms with Crippen molar-refractivity contribution in [2.75, 3.05) is 23.3 Å². The fourth-order valence-electron chi connectivity index (χ4n) is 3.99. The first kappa shape index (κ1) is 20.0. The van der Waals surface area contributed by atoms with E-state index in [4.69, 9.17) is 0 Å². The molecule has 1 aliphatic heterocycles. The molecule has 4 rings (SSSR count). The summed E-state index contributed by atoms with van der Waals surface area (Å²) >= 11 is 0. The normalized spacial score (nSPS) is 16.0. The Labute approximate surface area is 177 Å². The number of aromatic carboxylic acids is 1. The number of benzene rings is 1. The Hall–Kier alpha value is -3.34. The summed E-state index contributed by atoms with van der Waals surface area (Å²) in [7, 11) is 0. The molecule has 0 amide bonds. The van der Waals surface area contributed by atoms with Crippen molar-refractivity contribution in [1.29, 1.82) is 0 Å². The lowest BCUT2D eigenvalue weighted by atomic mass is 10.00. The Bertz CT molecular complexity index is 1020. The van der Waals surface area contributed by atoms with Crippen LogP contribution in [0.5, 0.6) is 0 Å². The number of nitrogens with zero attached hydrogens (tertiary/aromatic N) is 2. The third-order valence-corrected chi connectivity index (χ3v) is 5.71. The van der Waals surface area contributed by atoms with Gasteiger partial charge in [-0.1, -0.05) is 31.4 Å². The van der Waals surface area contributed by atoms with E-state index in [1.165, 1.54) is 11.3 Å². The van der Waals surface area contributed by atoms with Gasteiger partial charge in [-0.25, -0.2) is 9.78 Å². The molecule has 0 spiro atoms. The number of carboxylic acids is 1. The van der Waals surface area contributed by atoms with Crippen molar-refractivity contribution in [3.63, 3.8) is 0 Å². The van der Waals surface area contributed by atoms with Crippen molar-refractivity contribution in [2.24, 2.45) is 0 Å². The number of carbonyl (C=O) groups is 1. The van der Waals surface area contributed by atoms with Crippen LogP contribution in [0.4, 0.5) is 17.2 Å². The highest BCUT2D eigenvalue weighted by atomic mass is 16.4. The van der Waals surface area contributed by atoms with Crippen LogP contribution in [0, 0.1) is 0 Å². The van der Waals surface area contributed by atoms with Gasteiger partial charge >= 0.3 is 5.97 Å². The van der Waals surface area contributed by atoms with E-state index in [9.17, 15) is 9.90 Å². The average molecular weight is 402 g/mol. The number of allylic oxidation sites excluding steroid dienone is 2. The zero-order valence-corrected chi connectivity index (χ0v) is 17.1. The van der Waals surface area contributed by atoms with E-state index in [2.05, 4.69) is 40.5 Å². The Morgan fingerprint density at radius 3 is 2.83 bits per heavy atom. The molecule has 2 N–H and O–H groups in total. The molecule has 5 heteroatoms. The van der Waals surface area contributed by atoms with Gasteiger partial charge in [-0.3, -0.25) is 0 Å². The average Bonchev–Trinajstić information content (AvgIpc) is 3.59. The first-order chi connectivity index (χ1) is 14.6. The maximum absolute atomic E-state index is 11.8. The molecule has 2 aliphatic rings. The van der Waals surface area contributed by atoms with E-state index < -0.39 is 5.97 Å². The zero-order valence-electron chi connectivity index (χ0n) is 17.1. The number of anilines is 3. The molecule has 0 bridgehead atoms. The molecule has 2 aromatic rings. The van der Waals surface area contributed by atoms with Gasteiger partial charge in [0.2, 0.25) is 0 Å². The summed E-state index contributed by atoms with van der Waals surface area (Å²) in [5.41, 5.74) is 5.69. The Morgan fingerprint density at radius 1 is 1.30 bits per heavy atom. The summed E-state index contributed by atoms with van der Waals surface area (Å²) in [5.74, 6) is -0.0973. The van der Waals surface area contributed by atoms with E-state index in [1.54, 1.807) is 18.3 Å². The molecule has 154 valence electrons. The number of carboxylic acid groups (broad SMARTS) is 1. The third-order valence-electron chi connectivity index (χ3n) is 5.71. The van der Waals surface area contributed by atoms with Crippen LogP contribution >= 0.6 is 0 Å². The zero-order chi connectivity index (χ0) is 21.1. The summed E-state index contributed by atoms with van der Waals surface area (Å²) in [6.07, 6.45) is 11.7. The van der Waals surface area contributed by atoms with E-state index in [1.807, 2.05) is 18.2 Å². The highest BCUT2D eigenvalue weighted by Crippen LogP contribution is 2.40. The van der Waals surface area contributed by atoms with Gasteiger partial charge in [0.15, 0.2) is 0 Å². The molecule has 1 aromatic carbocycles. The lowest BCUT2D eigenvalue weighted by Gasteiger charge is -2.32. The summed E-state index contributed by atoms with van der Waals surface area (Å²) < 4.78 is 0. The molecule has 1 aromatic heterocycles. The molecule has 0 radical (unpaired) electrons. The van der Waals surface area contributed by atoms with Gasteiger partial charge in [0.05, 0.1) is 0 Å². The standard InChI is InChI=1S/C25H27N3O2/c1-3-6-17(4-2)16-28-12-5-7-19-13-21(10-11-23(19)28)27-24-22(25(29)30)14-20(15-26-24)18-8-9-18/h3-4,6,10-11,13-15,18H,1-2,5,7-9,12,16H2,(H,26,27)(H,29,30)/b17-6+. The van der Waals surface area contributed by atoms with Crippen molar-refractivity contribution in [3.8, 4) is 0 Å². The molecule has 1 aliphatic carbocycles. The minimum Gasteiger partial charge on any atom is -0.478 e. The van der Waals surface area contributed by atoms with Gasteiger partial charge in [-0.2, -0.15) is 0 Å². The molecular formula is C25H27N3O2. The van der Waals surface area contributed by atoms with Crippen molar-refractivity contribution < 1.29 is 9.90 Å². The first-order valence-corrected chi connectivity index (χ1v) is 10.4. The molecule has 1 saturated carbocycles. The number of fused-ring (bicyclic) bond motifs is 1. The maximum Gasteiger partial charge on any atom is 0.339 e. The quantitative estimate of drug-likeness (QED) is 0.576. The van der Waals surface area contributed by atoms with E-state index >= 15 is 0 Å². The molecule has 30 heavy (non-hydrogen) atoms. The minimum atomic E-state index is -0.956. The minimum absolute atomic E-state index is 0.226. The van der Waals surface area contributed by atoms with E-state index in [-0.39, 0.29) is 5.56 Å². The highest BCUT2D eigenvalue weighted by Gasteiger charge is 2.26. The summed E-state index contributed by atoms with van der Waals surface area (Å²) in [6, 6.07) is 7.96. The van der Waals surface area contributed by atoms with E-state index in [0.717, 1.165) is 55.6 Å². The highest BCUT2D eigenvalue weighted by molar-refractivity contribution is 5.94. The van der Waals surface area contributed by atoms with E-state index in [0.29, 0.717) is 11.7 Å².